The highest BCUT2D eigenvalue weighted by atomic mass is 32.2. The summed E-state index contributed by atoms with van der Waals surface area (Å²) < 4.78 is 0. The minimum atomic E-state index is 0.255. The Kier molecular flexibility index (Phi) is 4.75. The maximum absolute atomic E-state index is 2.38. The van der Waals surface area contributed by atoms with Crippen LogP contribution in [0, 0.1) is 6.92 Å². The first-order chi connectivity index (χ1) is 16.8. The molecule has 0 saturated carbocycles. The van der Waals surface area contributed by atoms with Gasteiger partial charge in [0.05, 0.1) is 0 Å². The molecule has 0 aromatic heterocycles. The van der Waals surface area contributed by atoms with Gasteiger partial charge < -0.3 is 0 Å². The molecule has 5 aromatic carbocycles. The molecule has 3 heteroatoms. The van der Waals surface area contributed by atoms with Crippen molar-refractivity contribution in [3.63, 3.8) is 0 Å². The average Bonchev–Trinajstić information content (AvgIpc) is 2.88. The zero-order valence-corrected chi connectivity index (χ0v) is 20.4. The monoisotopic (exact) mass is 468 g/mol. The van der Waals surface area contributed by atoms with E-state index in [2.05, 4.69) is 116 Å². The van der Waals surface area contributed by atoms with Gasteiger partial charge in [-0.15, -0.1) is 0 Å². The topological polar surface area (TPSA) is 0 Å². The number of aryl methyl sites for hydroxylation is 1. The highest BCUT2D eigenvalue weighted by Crippen LogP contribution is 2.44. The molecule has 0 amide bonds. The molecule has 0 saturated heterocycles. The van der Waals surface area contributed by atoms with Gasteiger partial charge in [-0.2, -0.15) is 0 Å². The van der Waals surface area contributed by atoms with Crippen LogP contribution in [0.5, 0.6) is 0 Å². The Hall–Kier alpha value is -3.14. The van der Waals surface area contributed by atoms with Crippen LogP contribution in [0.15, 0.2) is 129 Å². The van der Waals surface area contributed by atoms with E-state index in [1.807, 2.05) is 23.5 Å². The first kappa shape index (κ1) is 20.3. The molecule has 0 aliphatic carbocycles. The second-order valence-corrected chi connectivity index (χ2v) is 11.1. The summed E-state index contributed by atoms with van der Waals surface area (Å²) in [5, 5.41) is 0. The fourth-order valence-electron chi connectivity index (χ4n) is 5.37. The molecule has 0 spiro atoms. The van der Waals surface area contributed by atoms with Gasteiger partial charge in [-0.05, 0) is 52.3 Å². The quantitative estimate of drug-likeness (QED) is 0.257. The number of hydrogen-bond donors (Lipinski definition) is 0. The van der Waals surface area contributed by atoms with Crippen molar-refractivity contribution in [1.82, 2.24) is 0 Å². The van der Waals surface area contributed by atoms with E-state index in [4.69, 9.17) is 0 Å². The van der Waals surface area contributed by atoms with E-state index in [1.54, 1.807) is 0 Å². The number of rotatable bonds is 2. The van der Waals surface area contributed by atoms with Crippen LogP contribution in [0.4, 0.5) is 0 Å². The molecule has 0 unspecified atom stereocenters. The van der Waals surface area contributed by atoms with Gasteiger partial charge in [0.2, 0.25) is 6.71 Å². The summed E-state index contributed by atoms with van der Waals surface area (Å²) in [7, 11) is 0. The molecule has 2 aliphatic rings. The van der Waals surface area contributed by atoms with Crippen molar-refractivity contribution in [2.75, 3.05) is 0 Å². The van der Waals surface area contributed by atoms with Gasteiger partial charge in [-0.25, -0.2) is 0 Å². The van der Waals surface area contributed by atoms with E-state index in [9.17, 15) is 0 Å². The lowest BCUT2D eigenvalue weighted by molar-refractivity contribution is 1.28. The molecular formula is C31H21BS2. The maximum Gasteiger partial charge on any atom is 0.247 e. The zero-order chi connectivity index (χ0) is 22.6. The molecule has 2 aliphatic heterocycles. The fourth-order valence-corrected chi connectivity index (χ4v) is 8.24. The van der Waals surface area contributed by atoms with Crippen LogP contribution in [-0.2, 0) is 0 Å². The lowest BCUT2D eigenvalue weighted by atomic mass is 9.36. The maximum atomic E-state index is 2.38. The summed E-state index contributed by atoms with van der Waals surface area (Å²) in [6.45, 7) is 2.48. The van der Waals surface area contributed by atoms with Crippen LogP contribution < -0.4 is 16.4 Å². The third-order valence-corrected chi connectivity index (χ3v) is 9.28. The average molecular weight is 468 g/mol. The van der Waals surface area contributed by atoms with Crippen molar-refractivity contribution in [2.45, 2.75) is 26.5 Å². The number of hydrogen-bond acceptors (Lipinski definition) is 2. The van der Waals surface area contributed by atoms with E-state index in [-0.39, 0.29) is 6.71 Å². The Bertz CT molecular complexity index is 1440. The standard InChI is InChI=1S/C31H21BS2/c1-20-18-27-29-28(19-20)34-31-24(22-12-6-3-7-13-22)15-9-17-26(31)32(29)25-16-8-14-23(30(25)33-27)21-10-4-2-5-11-21/h2-19H,1H3. The minimum Gasteiger partial charge on any atom is -0.0905 e. The third kappa shape index (κ3) is 3.11. The minimum absolute atomic E-state index is 0.255. The molecule has 0 bridgehead atoms. The lowest BCUT2D eigenvalue weighted by Crippen LogP contribution is -2.58. The number of fused-ring (bicyclic) bond motifs is 4. The van der Waals surface area contributed by atoms with Crippen LogP contribution in [-0.4, -0.2) is 6.71 Å². The molecule has 0 atom stereocenters. The van der Waals surface area contributed by atoms with Gasteiger partial charge in [0.1, 0.15) is 0 Å². The van der Waals surface area contributed by atoms with E-state index in [0.29, 0.717) is 0 Å². The smallest absolute Gasteiger partial charge is 0.0905 e. The molecule has 34 heavy (non-hydrogen) atoms. The molecule has 160 valence electrons. The second-order valence-electron chi connectivity index (χ2n) is 8.99. The molecular weight excluding hydrogens is 447 g/mol. The predicted octanol–water partition coefficient (Wildman–Crippen LogP) is 6.77. The third-order valence-electron chi connectivity index (χ3n) is 6.84. The highest BCUT2D eigenvalue weighted by molar-refractivity contribution is 8.01. The summed E-state index contributed by atoms with van der Waals surface area (Å²) >= 11 is 3.89. The van der Waals surface area contributed by atoms with E-state index < -0.39 is 0 Å². The van der Waals surface area contributed by atoms with E-state index >= 15 is 0 Å². The lowest BCUT2D eigenvalue weighted by Gasteiger charge is -2.35. The molecule has 0 fully saturated rings. The number of benzene rings is 5. The van der Waals surface area contributed by atoms with E-state index in [1.165, 1.54) is 63.8 Å². The molecule has 0 N–H and O–H groups in total. The van der Waals surface area contributed by atoms with Crippen molar-refractivity contribution < 1.29 is 0 Å². The Morgan fingerprint density at radius 2 is 1.00 bits per heavy atom. The summed E-state index contributed by atoms with van der Waals surface area (Å²) in [4.78, 5) is 5.59. The predicted molar refractivity (Wildman–Crippen MR) is 148 cm³/mol. The molecule has 0 radical (unpaired) electrons. The van der Waals surface area contributed by atoms with Crippen molar-refractivity contribution in [1.29, 1.82) is 0 Å². The Morgan fingerprint density at radius 3 is 1.47 bits per heavy atom. The largest absolute Gasteiger partial charge is 0.247 e. The Labute approximate surface area is 209 Å². The fraction of sp³-hybridized carbons (Fsp3) is 0.0323. The van der Waals surface area contributed by atoms with Gasteiger partial charge in [0, 0.05) is 19.6 Å². The summed E-state index contributed by atoms with van der Waals surface area (Å²) in [5.41, 5.74) is 10.9. The normalized spacial score (nSPS) is 13.1. The van der Waals surface area contributed by atoms with Crippen molar-refractivity contribution >= 4 is 46.6 Å². The van der Waals surface area contributed by atoms with Crippen molar-refractivity contribution in [3.05, 3.63) is 115 Å². The van der Waals surface area contributed by atoms with Crippen LogP contribution in [0.3, 0.4) is 0 Å². The molecule has 2 heterocycles. The Balaban J connectivity index is 1.52. The van der Waals surface area contributed by atoms with Crippen LogP contribution in [0.25, 0.3) is 22.3 Å². The van der Waals surface area contributed by atoms with Crippen molar-refractivity contribution in [3.8, 4) is 22.3 Å². The van der Waals surface area contributed by atoms with Gasteiger partial charge in [-0.3, -0.25) is 0 Å². The zero-order valence-electron chi connectivity index (χ0n) is 18.8. The summed E-state index contributed by atoms with van der Waals surface area (Å²) in [6.07, 6.45) is 0. The first-order valence-electron chi connectivity index (χ1n) is 11.6. The second kappa shape index (κ2) is 7.97. The SMILES string of the molecule is Cc1cc2c3c(c1)Sc1c(cccc1-c1ccccc1)B3c1cccc(-c3ccccc3)c1S2. The van der Waals surface area contributed by atoms with Crippen molar-refractivity contribution in [2.24, 2.45) is 0 Å². The first-order valence-corrected chi connectivity index (χ1v) is 13.3. The summed E-state index contributed by atoms with van der Waals surface area (Å²) in [6, 6.07) is 40.1. The van der Waals surface area contributed by atoms with Crippen LogP contribution >= 0.6 is 23.5 Å². The van der Waals surface area contributed by atoms with E-state index in [0.717, 1.165) is 0 Å². The van der Waals surface area contributed by atoms with Crippen LogP contribution in [0.2, 0.25) is 0 Å². The van der Waals surface area contributed by atoms with Gasteiger partial charge in [0.15, 0.2) is 0 Å². The summed E-state index contributed by atoms with van der Waals surface area (Å²) in [5.74, 6) is 0. The van der Waals surface area contributed by atoms with Crippen LogP contribution in [0.1, 0.15) is 5.56 Å². The molecule has 5 aromatic rings. The van der Waals surface area contributed by atoms with Gasteiger partial charge >= 0.3 is 0 Å². The highest BCUT2D eigenvalue weighted by Gasteiger charge is 2.39. The Morgan fingerprint density at radius 1 is 0.529 bits per heavy atom. The van der Waals surface area contributed by atoms with Gasteiger partial charge in [0.25, 0.3) is 0 Å². The molecule has 7 rings (SSSR count). The molecule has 0 nitrogen and oxygen atoms in total. The van der Waals surface area contributed by atoms with Gasteiger partial charge in [-0.1, -0.05) is 132 Å².